The lowest BCUT2D eigenvalue weighted by atomic mass is 9.77. The van der Waals surface area contributed by atoms with E-state index in [1.165, 1.54) is 44.1 Å². The SMILES string of the molecule is CCCC1CCC(c2ccc(/C(F)=C(\F)c3ccc(C)cc3)cc2)CC1. The first kappa shape index (κ1) is 18.8. The van der Waals surface area contributed by atoms with Gasteiger partial charge in [-0.3, -0.25) is 0 Å². The number of aryl methyl sites for hydroxylation is 1. The van der Waals surface area contributed by atoms with Gasteiger partial charge >= 0.3 is 0 Å². The standard InChI is InChI=1S/C24H28F2/c1-3-4-18-7-11-19(12-8-18)20-13-15-22(16-14-20)24(26)23(25)21-9-5-17(2)6-10-21/h5-6,9-10,13-16,18-19H,3-4,7-8,11-12H2,1-2H3/b24-23+. The van der Waals surface area contributed by atoms with Crippen molar-refractivity contribution >= 4 is 11.7 Å². The highest BCUT2D eigenvalue weighted by Gasteiger charge is 2.22. The molecule has 2 aromatic carbocycles. The fourth-order valence-electron chi connectivity index (χ4n) is 4.05. The van der Waals surface area contributed by atoms with Gasteiger partial charge in [-0.15, -0.1) is 0 Å². The molecule has 0 nitrogen and oxygen atoms in total. The number of rotatable bonds is 5. The molecule has 0 saturated heterocycles. The van der Waals surface area contributed by atoms with Gasteiger partial charge in [0.2, 0.25) is 0 Å². The first-order valence-electron chi connectivity index (χ1n) is 9.81. The molecule has 1 saturated carbocycles. The molecular formula is C24H28F2. The lowest BCUT2D eigenvalue weighted by Gasteiger charge is -2.28. The largest absolute Gasteiger partial charge is 0.203 e. The summed E-state index contributed by atoms with van der Waals surface area (Å²) in [5.74, 6) is -0.143. The van der Waals surface area contributed by atoms with E-state index in [1.807, 2.05) is 19.1 Å². The minimum Gasteiger partial charge on any atom is -0.203 e. The van der Waals surface area contributed by atoms with E-state index in [4.69, 9.17) is 0 Å². The van der Waals surface area contributed by atoms with Crippen molar-refractivity contribution in [3.8, 4) is 0 Å². The molecule has 2 heteroatoms. The molecule has 2 aromatic rings. The molecule has 1 fully saturated rings. The minimum atomic E-state index is -0.794. The molecule has 1 aliphatic carbocycles. The van der Waals surface area contributed by atoms with Crippen LogP contribution in [0.25, 0.3) is 11.7 Å². The average molecular weight is 354 g/mol. The van der Waals surface area contributed by atoms with Crippen LogP contribution >= 0.6 is 0 Å². The first-order chi connectivity index (χ1) is 12.6. The second-order valence-electron chi connectivity index (χ2n) is 7.62. The molecule has 0 spiro atoms. The zero-order valence-electron chi connectivity index (χ0n) is 15.8. The summed E-state index contributed by atoms with van der Waals surface area (Å²) in [6.45, 7) is 4.18. The molecule has 138 valence electrons. The summed E-state index contributed by atoms with van der Waals surface area (Å²) in [5.41, 5.74) is 2.88. The topological polar surface area (TPSA) is 0 Å². The van der Waals surface area contributed by atoms with Crippen LogP contribution in [0, 0.1) is 12.8 Å². The summed E-state index contributed by atoms with van der Waals surface area (Å²) in [6, 6.07) is 14.2. The number of hydrogen-bond donors (Lipinski definition) is 0. The van der Waals surface area contributed by atoms with E-state index in [0.717, 1.165) is 11.5 Å². The molecule has 0 aromatic heterocycles. The van der Waals surface area contributed by atoms with Crippen molar-refractivity contribution in [1.29, 1.82) is 0 Å². The first-order valence-corrected chi connectivity index (χ1v) is 9.81. The Hall–Kier alpha value is -1.96. The third-order valence-corrected chi connectivity index (χ3v) is 5.68. The molecule has 0 unspecified atom stereocenters. The van der Waals surface area contributed by atoms with Crippen molar-refractivity contribution in [2.45, 2.75) is 58.3 Å². The van der Waals surface area contributed by atoms with Gasteiger partial charge < -0.3 is 0 Å². The van der Waals surface area contributed by atoms with Crippen LogP contribution in [0.15, 0.2) is 48.5 Å². The molecule has 0 heterocycles. The number of hydrogen-bond acceptors (Lipinski definition) is 0. The zero-order chi connectivity index (χ0) is 18.5. The Morgan fingerprint density at radius 2 is 1.31 bits per heavy atom. The third kappa shape index (κ3) is 4.41. The van der Waals surface area contributed by atoms with Gasteiger partial charge in [-0.2, -0.15) is 0 Å². The van der Waals surface area contributed by atoms with Gasteiger partial charge in [0.1, 0.15) is 0 Å². The third-order valence-electron chi connectivity index (χ3n) is 5.68. The Morgan fingerprint density at radius 3 is 1.81 bits per heavy atom. The lowest BCUT2D eigenvalue weighted by molar-refractivity contribution is 0.308. The van der Waals surface area contributed by atoms with Crippen LogP contribution in [0.1, 0.15) is 73.6 Å². The molecule has 0 N–H and O–H groups in total. The Morgan fingerprint density at radius 1 is 0.808 bits per heavy atom. The van der Waals surface area contributed by atoms with Crippen molar-refractivity contribution in [2.24, 2.45) is 5.92 Å². The van der Waals surface area contributed by atoms with Crippen molar-refractivity contribution < 1.29 is 8.78 Å². The van der Waals surface area contributed by atoms with E-state index in [-0.39, 0.29) is 5.56 Å². The van der Waals surface area contributed by atoms with Gasteiger partial charge in [0, 0.05) is 11.1 Å². The van der Waals surface area contributed by atoms with Crippen molar-refractivity contribution in [3.63, 3.8) is 0 Å². The summed E-state index contributed by atoms with van der Waals surface area (Å²) < 4.78 is 29.0. The Balaban J connectivity index is 1.71. The highest BCUT2D eigenvalue weighted by Crippen LogP contribution is 2.38. The maximum absolute atomic E-state index is 14.5. The maximum atomic E-state index is 14.5. The van der Waals surface area contributed by atoms with E-state index >= 15 is 0 Å². The molecule has 1 aliphatic rings. The van der Waals surface area contributed by atoms with Crippen LogP contribution in [0.3, 0.4) is 0 Å². The van der Waals surface area contributed by atoms with Gasteiger partial charge in [0.25, 0.3) is 0 Å². The van der Waals surface area contributed by atoms with Crippen LogP contribution < -0.4 is 0 Å². The van der Waals surface area contributed by atoms with E-state index < -0.39 is 11.7 Å². The normalized spacial score (nSPS) is 21.4. The number of benzene rings is 2. The van der Waals surface area contributed by atoms with Crippen molar-refractivity contribution in [2.75, 3.05) is 0 Å². The summed E-state index contributed by atoms with van der Waals surface area (Å²) in [7, 11) is 0. The second-order valence-corrected chi connectivity index (χ2v) is 7.62. The molecule has 0 aliphatic heterocycles. The van der Waals surface area contributed by atoms with E-state index in [2.05, 4.69) is 6.92 Å². The summed E-state index contributed by atoms with van der Waals surface area (Å²) in [4.78, 5) is 0. The van der Waals surface area contributed by atoms with Crippen LogP contribution in [-0.2, 0) is 0 Å². The predicted octanol–water partition coefficient (Wildman–Crippen LogP) is 7.83. The van der Waals surface area contributed by atoms with Crippen LogP contribution in [-0.4, -0.2) is 0 Å². The molecular weight excluding hydrogens is 326 g/mol. The van der Waals surface area contributed by atoms with E-state index in [9.17, 15) is 8.78 Å². The smallest absolute Gasteiger partial charge is 0.166 e. The monoisotopic (exact) mass is 354 g/mol. The van der Waals surface area contributed by atoms with E-state index in [1.54, 1.807) is 36.4 Å². The lowest BCUT2D eigenvalue weighted by Crippen LogP contribution is -2.13. The molecule has 0 radical (unpaired) electrons. The fraction of sp³-hybridized carbons (Fsp3) is 0.417. The zero-order valence-corrected chi connectivity index (χ0v) is 15.8. The predicted molar refractivity (Wildman–Crippen MR) is 106 cm³/mol. The highest BCUT2D eigenvalue weighted by molar-refractivity contribution is 5.83. The Kier molecular flexibility index (Phi) is 6.24. The number of halogens is 2. The van der Waals surface area contributed by atoms with E-state index in [0.29, 0.717) is 11.5 Å². The minimum absolute atomic E-state index is 0.284. The fourth-order valence-corrected chi connectivity index (χ4v) is 4.05. The van der Waals surface area contributed by atoms with Crippen molar-refractivity contribution in [3.05, 3.63) is 70.8 Å². The maximum Gasteiger partial charge on any atom is 0.166 e. The summed E-state index contributed by atoms with van der Waals surface area (Å²) in [6.07, 6.45) is 7.59. The molecule has 0 bridgehead atoms. The van der Waals surface area contributed by atoms with Crippen LogP contribution in [0.5, 0.6) is 0 Å². The van der Waals surface area contributed by atoms with Gasteiger partial charge in [-0.05, 0) is 50.0 Å². The molecule has 0 amide bonds. The Labute approximate surface area is 156 Å². The van der Waals surface area contributed by atoms with Gasteiger partial charge in [0.15, 0.2) is 11.7 Å². The highest BCUT2D eigenvalue weighted by atomic mass is 19.2. The Bertz CT molecular complexity index is 733. The average Bonchev–Trinajstić information content (AvgIpc) is 2.68. The quantitative estimate of drug-likeness (QED) is 0.480. The van der Waals surface area contributed by atoms with Gasteiger partial charge in [-0.25, -0.2) is 8.78 Å². The second kappa shape index (κ2) is 8.62. The van der Waals surface area contributed by atoms with Gasteiger partial charge in [-0.1, -0.05) is 73.9 Å². The summed E-state index contributed by atoms with van der Waals surface area (Å²) >= 11 is 0. The van der Waals surface area contributed by atoms with Crippen LogP contribution in [0.4, 0.5) is 8.78 Å². The van der Waals surface area contributed by atoms with Crippen molar-refractivity contribution in [1.82, 2.24) is 0 Å². The molecule has 26 heavy (non-hydrogen) atoms. The van der Waals surface area contributed by atoms with Crippen LogP contribution in [0.2, 0.25) is 0 Å². The molecule has 0 atom stereocenters. The van der Waals surface area contributed by atoms with Gasteiger partial charge in [0.05, 0.1) is 0 Å². The molecule has 3 rings (SSSR count). The summed E-state index contributed by atoms with van der Waals surface area (Å²) in [5, 5.41) is 0.